The summed E-state index contributed by atoms with van der Waals surface area (Å²) in [6.45, 7) is 6.68. The van der Waals surface area contributed by atoms with Crippen molar-refractivity contribution in [2.24, 2.45) is 30.7 Å². The topological polar surface area (TPSA) is 241 Å². The number of hydrogen-bond donors (Lipinski definition) is 2. The molecule has 0 aromatic heterocycles. The van der Waals surface area contributed by atoms with E-state index in [1.165, 1.54) is 62.4 Å². The van der Waals surface area contributed by atoms with E-state index in [1.54, 1.807) is 36.4 Å². The molecular weight excluding hydrogens is 781 g/mol. The van der Waals surface area contributed by atoms with Gasteiger partial charge in [-0.2, -0.15) is 40.7 Å². The highest BCUT2D eigenvalue weighted by Gasteiger charge is 2.39. The van der Waals surface area contributed by atoms with Crippen LogP contribution in [0, 0.1) is 13.8 Å². The Morgan fingerprint density at radius 3 is 1.32 bits per heavy atom. The molecule has 0 saturated carbocycles. The summed E-state index contributed by atoms with van der Waals surface area (Å²) in [5.74, 6) is -4.48. The number of carbonyl (C=O) groups is 6. The van der Waals surface area contributed by atoms with Gasteiger partial charge < -0.3 is 10.6 Å². The summed E-state index contributed by atoms with van der Waals surface area (Å²) in [4.78, 5) is 76.1. The maximum absolute atomic E-state index is 13.4. The number of rotatable bonds is 12. The lowest BCUT2D eigenvalue weighted by Crippen LogP contribution is -2.36. The van der Waals surface area contributed by atoms with Crippen molar-refractivity contribution >= 4 is 79.5 Å². The van der Waals surface area contributed by atoms with Crippen LogP contribution in [-0.2, 0) is 38.6 Å². The molecule has 300 valence electrons. The monoisotopic (exact) mass is 816 g/mol. The number of amides is 6. The molecule has 0 bridgehead atoms. The smallest absolute Gasteiger partial charge is 0.282 e. The van der Waals surface area contributed by atoms with Gasteiger partial charge in [0.15, 0.2) is 12.1 Å². The molecule has 0 radical (unpaired) electrons. The first-order valence-electron chi connectivity index (χ1n) is 17.9. The molecular formula is C40H36N10O8S. The number of carbonyl (C=O) groups excluding carboxylic acids is 6. The highest BCUT2D eigenvalue weighted by atomic mass is 32.2. The van der Waals surface area contributed by atoms with E-state index >= 15 is 0 Å². The summed E-state index contributed by atoms with van der Waals surface area (Å²) < 4.78 is 26.8. The number of nitrogens with one attached hydrogen (secondary N) is 2. The summed E-state index contributed by atoms with van der Waals surface area (Å²) in [5.41, 5.74) is 3.63. The van der Waals surface area contributed by atoms with Crippen molar-refractivity contribution < 1.29 is 37.2 Å². The van der Waals surface area contributed by atoms with Gasteiger partial charge >= 0.3 is 0 Å². The molecule has 0 aliphatic carbocycles. The third-order valence-corrected chi connectivity index (χ3v) is 10.5. The van der Waals surface area contributed by atoms with Crippen LogP contribution >= 0.6 is 0 Å². The maximum Gasteiger partial charge on any atom is 0.282 e. The largest absolute Gasteiger partial charge is 0.326 e. The van der Waals surface area contributed by atoms with Crippen LogP contribution in [0.4, 0.5) is 22.7 Å². The second-order valence-electron chi connectivity index (χ2n) is 13.5. The van der Waals surface area contributed by atoms with Crippen molar-refractivity contribution in [3.63, 3.8) is 0 Å². The van der Waals surface area contributed by atoms with E-state index in [0.29, 0.717) is 21.4 Å². The Balaban J connectivity index is 1.02. The summed E-state index contributed by atoms with van der Waals surface area (Å²) in [6.07, 6.45) is -1.25. The molecule has 0 fully saturated rings. The van der Waals surface area contributed by atoms with Crippen LogP contribution < -0.4 is 10.6 Å². The Morgan fingerprint density at radius 2 is 0.966 bits per heavy atom. The average Bonchev–Trinajstić information content (AvgIpc) is 3.64. The summed E-state index contributed by atoms with van der Waals surface area (Å²) in [6, 6.07) is 22.4. The average molecular weight is 817 g/mol. The molecule has 0 saturated heterocycles. The molecule has 2 aliphatic rings. The molecule has 6 amide bonds. The summed E-state index contributed by atoms with van der Waals surface area (Å²) in [7, 11) is -4.01. The third-order valence-electron chi connectivity index (χ3n) is 8.76. The molecule has 6 rings (SSSR count). The van der Waals surface area contributed by atoms with Crippen molar-refractivity contribution in [1.82, 2.24) is 10.0 Å². The quantitative estimate of drug-likeness (QED) is 0.135. The van der Waals surface area contributed by atoms with Crippen LogP contribution in [0.3, 0.4) is 0 Å². The molecule has 2 heterocycles. The lowest BCUT2D eigenvalue weighted by molar-refractivity contribution is -0.146. The van der Waals surface area contributed by atoms with Crippen LogP contribution in [0.25, 0.3) is 0 Å². The molecule has 19 heteroatoms. The Bertz CT molecular complexity index is 2430. The standard InChI is InChI=1S/C40H36N10O8S/c1-23-7-5-9-29(19-23)41-33(51)21-35(53)49-39(55)37(25(3)47-49)45-43-27-11-15-31(16-12-27)59(57,58)32-17-13-28(14-18-32)44-46-38-26(4)48-50(40(38)56)36(54)22-34(52)42-30-10-6-8-24(2)20-30/h5-20,37-38H,21-22H2,1-4H3,(H,41,51)(H,42,52)/t37-,38-/m1/s1. The van der Waals surface area contributed by atoms with E-state index in [2.05, 4.69) is 41.3 Å². The van der Waals surface area contributed by atoms with Crippen LogP contribution in [0.2, 0.25) is 0 Å². The lowest BCUT2D eigenvalue weighted by Gasteiger charge is -2.11. The minimum Gasteiger partial charge on any atom is -0.326 e. The molecule has 18 nitrogen and oxygen atoms in total. The molecule has 2 aliphatic heterocycles. The lowest BCUT2D eigenvalue weighted by atomic mass is 10.2. The van der Waals surface area contributed by atoms with Crippen LogP contribution in [0.5, 0.6) is 0 Å². The number of aryl methyl sites for hydroxylation is 2. The number of hydrogen-bond acceptors (Lipinski definition) is 14. The van der Waals surface area contributed by atoms with Gasteiger partial charge in [-0.15, -0.1) is 0 Å². The van der Waals surface area contributed by atoms with Gasteiger partial charge in [0.25, 0.3) is 23.6 Å². The van der Waals surface area contributed by atoms with Gasteiger partial charge in [0, 0.05) is 11.4 Å². The van der Waals surface area contributed by atoms with E-state index in [-0.39, 0.29) is 32.6 Å². The van der Waals surface area contributed by atoms with Crippen LogP contribution in [0.15, 0.2) is 138 Å². The SMILES string of the molecule is CC1=NN(C(=O)CC(=O)Nc2cccc(C)c2)C(=O)[C@@H]1N=Nc1ccc(S(=O)(=O)c2ccc(N=N[C@H]3C(=O)N(C(=O)CC(=O)Nc4cccc(C)c4)N=C3C)cc2)cc1. The zero-order valence-corrected chi connectivity index (χ0v) is 32.9. The predicted molar refractivity (Wildman–Crippen MR) is 214 cm³/mol. The van der Waals surface area contributed by atoms with Crippen molar-refractivity contribution in [3.05, 3.63) is 108 Å². The second-order valence-corrected chi connectivity index (χ2v) is 15.4. The van der Waals surface area contributed by atoms with Crippen molar-refractivity contribution in [2.45, 2.75) is 62.4 Å². The Labute approximate surface area is 337 Å². The van der Waals surface area contributed by atoms with Gasteiger partial charge in [-0.3, -0.25) is 28.8 Å². The van der Waals surface area contributed by atoms with Gasteiger partial charge in [0.2, 0.25) is 21.7 Å². The van der Waals surface area contributed by atoms with Crippen molar-refractivity contribution in [2.75, 3.05) is 10.6 Å². The number of hydrazone groups is 2. The third kappa shape index (κ3) is 9.77. The molecule has 0 spiro atoms. The van der Waals surface area contributed by atoms with Gasteiger partial charge in [0.1, 0.15) is 12.8 Å². The molecule has 59 heavy (non-hydrogen) atoms. The number of anilines is 2. The first-order valence-corrected chi connectivity index (χ1v) is 19.4. The minimum atomic E-state index is -4.01. The normalized spacial score (nSPS) is 16.7. The summed E-state index contributed by atoms with van der Waals surface area (Å²) >= 11 is 0. The zero-order chi connectivity index (χ0) is 42.4. The van der Waals surface area contributed by atoms with Crippen molar-refractivity contribution in [1.29, 1.82) is 0 Å². The first kappa shape index (κ1) is 41.2. The molecule has 2 N–H and O–H groups in total. The van der Waals surface area contributed by atoms with E-state index in [9.17, 15) is 37.2 Å². The van der Waals surface area contributed by atoms with Gasteiger partial charge in [-0.05, 0) is 112 Å². The fourth-order valence-corrected chi connectivity index (χ4v) is 7.05. The van der Waals surface area contributed by atoms with Gasteiger partial charge in [0.05, 0.1) is 32.6 Å². The first-order chi connectivity index (χ1) is 28.1. The van der Waals surface area contributed by atoms with E-state index < -0.39 is 70.2 Å². The molecule has 0 unspecified atom stereocenters. The van der Waals surface area contributed by atoms with E-state index in [1.807, 2.05) is 26.0 Å². The number of benzene rings is 4. The molecule has 2 atom stereocenters. The highest BCUT2D eigenvalue weighted by molar-refractivity contribution is 7.91. The number of sulfone groups is 1. The maximum atomic E-state index is 13.4. The Morgan fingerprint density at radius 1 is 0.593 bits per heavy atom. The highest BCUT2D eigenvalue weighted by Crippen LogP contribution is 2.27. The van der Waals surface area contributed by atoms with Crippen LogP contribution in [-0.4, -0.2) is 77.4 Å². The predicted octanol–water partition coefficient (Wildman–Crippen LogP) is 5.59. The molecule has 4 aromatic carbocycles. The fraction of sp³-hybridized carbons (Fsp3) is 0.200. The number of imide groups is 2. The number of nitrogens with zero attached hydrogens (tertiary/aromatic N) is 8. The zero-order valence-electron chi connectivity index (χ0n) is 32.1. The summed E-state index contributed by atoms with van der Waals surface area (Å²) in [5, 5.41) is 30.5. The fourth-order valence-electron chi connectivity index (χ4n) is 5.78. The van der Waals surface area contributed by atoms with Gasteiger partial charge in [-0.1, -0.05) is 24.3 Å². The Hall–Kier alpha value is -7.41. The van der Waals surface area contributed by atoms with Crippen molar-refractivity contribution in [3.8, 4) is 0 Å². The van der Waals surface area contributed by atoms with Gasteiger partial charge in [-0.25, -0.2) is 8.42 Å². The Kier molecular flexibility index (Phi) is 12.2. The van der Waals surface area contributed by atoms with E-state index in [4.69, 9.17) is 0 Å². The van der Waals surface area contributed by atoms with Crippen LogP contribution in [0.1, 0.15) is 37.8 Å². The minimum absolute atomic E-state index is 0.0677. The second kappa shape index (κ2) is 17.4. The molecule has 4 aromatic rings. The number of azo groups is 2. The van der Waals surface area contributed by atoms with E-state index in [0.717, 1.165) is 11.1 Å².